The summed E-state index contributed by atoms with van der Waals surface area (Å²) in [6, 6.07) is 26.8. The molecule has 168 valence electrons. The van der Waals surface area contributed by atoms with Crippen LogP contribution >= 0.6 is 0 Å². The first-order valence-corrected chi connectivity index (χ1v) is 11.2. The van der Waals surface area contributed by atoms with E-state index in [9.17, 15) is 4.79 Å². The second kappa shape index (κ2) is 11.9. The minimum absolute atomic E-state index is 0.175. The van der Waals surface area contributed by atoms with Gasteiger partial charge in [-0.1, -0.05) is 61.5 Å². The minimum Gasteiger partial charge on any atom is -0.497 e. The fraction of sp³-hybridized carbons (Fsp3) is 0.321. The van der Waals surface area contributed by atoms with E-state index in [0.717, 1.165) is 29.9 Å². The zero-order valence-corrected chi connectivity index (χ0v) is 19.3. The van der Waals surface area contributed by atoms with Gasteiger partial charge in [-0.2, -0.15) is 0 Å². The Morgan fingerprint density at radius 1 is 0.812 bits per heavy atom. The summed E-state index contributed by atoms with van der Waals surface area (Å²) >= 11 is 0. The predicted molar refractivity (Wildman–Crippen MR) is 129 cm³/mol. The number of amides is 1. The lowest BCUT2D eigenvalue weighted by Crippen LogP contribution is -2.31. The van der Waals surface area contributed by atoms with Crippen molar-refractivity contribution in [2.75, 3.05) is 20.8 Å². The number of nitrogens with zero attached hydrogens (tertiary/aromatic N) is 1. The molecule has 1 amide bonds. The second-order valence-electron chi connectivity index (χ2n) is 7.97. The predicted octanol–water partition coefficient (Wildman–Crippen LogP) is 5.86. The number of carbonyl (C=O) groups is 1. The Hall–Kier alpha value is -3.27. The molecule has 0 fully saturated rings. The molecule has 0 heterocycles. The maximum Gasteiger partial charge on any atom is 0.222 e. The van der Waals surface area contributed by atoms with Crippen LogP contribution in [0.5, 0.6) is 11.5 Å². The van der Waals surface area contributed by atoms with Crippen molar-refractivity contribution in [2.24, 2.45) is 0 Å². The normalized spacial score (nSPS) is 11.6. The highest BCUT2D eigenvalue weighted by molar-refractivity contribution is 5.75. The standard InChI is InChI=1S/C28H33NO3/c1-4-28(30)29(21-23-10-14-26(31-2)15-11-23)19-18-25(20-22-8-6-5-7-9-22)24-12-16-27(32-3)17-13-24/h5-17,25H,4,18-21H2,1-3H3/t25-/m0/s1. The van der Waals surface area contributed by atoms with Crippen LogP contribution in [0.15, 0.2) is 78.9 Å². The second-order valence-corrected chi connectivity index (χ2v) is 7.97. The Kier molecular flexibility index (Phi) is 8.73. The van der Waals surface area contributed by atoms with Crippen molar-refractivity contribution in [3.8, 4) is 11.5 Å². The third-order valence-electron chi connectivity index (χ3n) is 5.85. The molecule has 32 heavy (non-hydrogen) atoms. The maximum atomic E-state index is 12.7. The molecule has 0 aliphatic carbocycles. The summed E-state index contributed by atoms with van der Waals surface area (Å²) in [4.78, 5) is 14.7. The number of methoxy groups -OCH3 is 2. The first-order valence-electron chi connectivity index (χ1n) is 11.2. The topological polar surface area (TPSA) is 38.8 Å². The molecule has 0 saturated heterocycles. The highest BCUT2D eigenvalue weighted by Crippen LogP contribution is 2.27. The third kappa shape index (κ3) is 6.61. The lowest BCUT2D eigenvalue weighted by atomic mass is 9.89. The number of carbonyl (C=O) groups excluding carboxylic acids is 1. The molecule has 3 rings (SSSR count). The first kappa shape index (κ1) is 23.4. The van der Waals surface area contributed by atoms with E-state index in [2.05, 4.69) is 36.4 Å². The lowest BCUT2D eigenvalue weighted by molar-refractivity contribution is -0.131. The third-order valence-corrected chi connectivity index (χ3v) is 5.85. The Morgan fingerprint density at radius 3 is 1.97 bits per heavy atom. The monoisotopic (exact) mass is 431 g/mol. The number of hydrogen-bond donors (Lipinski definition) is 0. The molecule has 0 aliphatic heterocycles. The van der Waals surface area contributed by atoms with Crippen molar-refractivity contribution >= 4 is 5.91 Å². The summed E-state index contributed by atoms with van der Waals surface area (Å²) < 4.78 is 10.6. The fourth-order valence-electron chi connectivity index (χ4n) is 3.94. The molecule has 4 heteroatoms. The molecule has 1 atom stereocenters. The average Bonchev–Trinajstić information content (AvgIpc) is 2.86. The van der Waals surface area contributed by atoms with Gasteiger partial charge >= 0.3 is 0 Å². The highest BCUT2D eigenvalue weighted by Gasteiger charge is 2.18. The van der Waals surface area contributed by atoms with Crippen LogP contribution in [0.1, 0.15) is 42.4 Å². The molecular weight excluding hydrogens is 398 g/mol. The van der Waals surface area contributed by atoms with Gasteiger partial charge in [0.05, 0.1) is 14.2 Å². The maximum absolute atomic E-state index is 12.7. The molecule has 3 aromatic carbocycles. The molecule has 3 aromatic rings. The van der Waals surface area contributed by atoms with Gasteiger partial charge in [-0.05, 0) is 59.7 Å². The lowest BCUT2D eigenvalue weighted by Gasteiger charge is -2.26. The summed E-state index contributed by atoms with van der Waals surface area (Å²) in [7, 11) is 3.35. The van der Waals surface area contributed by atoms with E-state index in [1.54, 1.807) is 14.2 Å². The Labute approximate surface area is 191 Å². The van der Waals surface area contributed by atoms with Gasteiger partial charge in [0.2, 0.25) is 5.91 Å². The van der Waals surface area contributed by atoms with Crippen molar-refractivity contribution in [3.05, 3.63) is 95.6 Å². The summed E-state index contributed by atoms with van der Waals surface area (Å²) in [5.74, 6) is 2.17. The first-order chi connectivity index (χ1) is 15.6. The van der Waals surface area contributed by atoms with E-state index < -0.39 is 0 Å². The number of ether oxygens (including phenoxy) is 2. The summed E-state index contributed by atoms with van der Waals surface area (Å²) in [6.07, 6.45) is 2.33. The zero-order chi connectivity index (χ0) is 22.8. The van der Waals surface area contributed by atoms with Crippen LogP contribution in [0, 0.1) is 0 Å². The number of hydrogen-bond acceptors (Lipinski definition) is 3. The highest BCUT2D eigenvalue weighted by atomic mass is 16.5. The van der Waals surface area contributed by atoms with E-state index >= 15 is 0 Å². The van der Waals surface area contributed by atoms with Gasteiger partial charge < -0.3 is 14.4 Å². The molecule has 0 N–H and O–H groups in total. The number of benzene rings is 3. The van der Waals surface area contributed by atoms with Gasteiger partial charge in [0.1, 0.15) is 11.5 Å². The van der Waals surface area contributed by atoms with Crippen molar-refractivity contribution in [1.82, 2.24) is 4.90 Å². The largest absolute Gasteiger partial charge is 0.497 e. The van der Waals surface area contributed by atoms with Gasteiger partial charge in [0, 0.05) is 19.5 Å². The van der Waals surface area contributed by atoms with E-state index in [0.29, 0.717) is 25.4 Å². The molecule has 0 unspecified atom stereocenters. The van der Waals surface area contributed by atoms with Crippen LogP contribution < -0.4 is 9.47 Å². The van der Waals surface area contributed by atoms with Crippen LogP contribution in [0.2, 0.25) is 0 Å². The SMILES string of the molecule is CCC(=O)N(CC[C@@H](Cc1ccccc1)c1ccc(OC)cc1)Cc1ccc(OC)cc1. The van der Waals surface area contributed by atoms with Crippen LogP contribution in [-0.4, -0.2) is 31.6 Å². The fourth-order valence-corrected chi connectivity index (χ4v) is 3.94. The molecule has 0 radical (unpaired) electrons. The molecule has 0 aromatic heterocycles. The van der Waals surface area contributed by atoms with Gasteiger partial charge in [-0.3, -0.25) is 4.79 Å². The minimum atomic E-state index is 0.175. The zero-order valence-electron chi connectivity index (χ0n) is 19.3. The van der Waals surface area contributed by atoms with Crippen LogP contribution in [0.3, 0.4) is 0 Å². The average molecular weight is 432 g/mol. The molecule has 0 aliphatic rings. The van der Waals surface area contributed by atoms with Crippen LogP contribution in [-0.2, 0) is 17.8 Å². The Bertz CT molecular complexity index is 952. The summed E-state index contributed by atoms with van der Waals surface area (Å²) in [6.45, 7) is 3.24. The molecule has 0 spiro atoms. The Balaban J connectivity index is 1.75. The van der Waals surface area contributed by atoms with Gasteiger partial charge in [-0.15, -0.1) is 0 Å². The molecular formula is C28H33NO3. The van der Waals surface area contributed by atoms with Crippen molar-refractivity contribution in [2.45, 2.75) is 38.6 Å². The van der Waals surface area contributed by atoms with Crippen LogP contribution in [0.25, 0.3) is 0 Å². The summed E-state index contributed by atoms with van der Waals surface area (Å²) in [5, 5.41) is 0. The van der Waals surface area contributed by atoms with Crippen molar-refractivity contribution in [3.63, 3.8) is 0 Å². The van der Waals surface area contributed by atoms with Gasteiger partial charge in [-0.25, -0.2) is 0 Å². The molecule has 0 saturated carbocycles. The number of rotatable bonds is 11. The van der Waals surface area contributed by atoms with Crippen molar-refractivity contribution in [1.29, 1.82) is 0 Å². The van der Waals surface area contributed by atoms with Crippen molar-refractivity contribution < 1.29 is 14.3 Å². The van der Waals surface area contributed by atoms with Gasteiger partial charge in [0.25, 0.3) is 0 Å². The smallest absolute Gasteiger partial charge is 0.222 e. The molecule has 0 bridgehead atoms. The quantitative estimate of drug-likeness (QED) is 0.382. The molecule has 4 nitrogen and oxygen atoms in total. The van der Waals surface area contributed by atoms with E-state index in [4.69, 9.17) is 9.47 Å². The summed E-state index contributed by atoms with van der Waals surface area (Å²) in [5.41, 5.74) is 3.68. The van der Waals surface area contributed by atoms with E-state index in [-0.39, 0.29) is 5.91 Å². The van der Waals surface area contributed by atoms with Gasteiger partial charge in [0.15, 0.2) is 0 Å². The Morgan fingerprint density at radius 2 is 1.41 bits per heavy atom. The van der Waals surface area contributed by atoms with E-state index in [1.165, 1.54) is 11.1 Å². The van der Waals surface area contributed by atoms with E-state index in [1.807, 2.05) is 54.3 Å². The van der Waals surface area contributed by atoms with Crippen LogP contribution in [0.4, 0.5) is 0 Å².